The molecule has 2 saturated heterocycles. The molecule has 0 spiro atoms. The van der Waals surface area contributed by atoms with Crippen molar-refractivity contribution >= 4 is 0 Å². The maximum absolute atomic E-state index is 9.29. The summed E-state index contributed by atoms with van der Waals surface area (Å²) in [6.07, 6.45) is 3.70. The summed E-state index contributed by atoms with van der Waals surface area (Å²) in [4.78, 5) is 2.31. The monoisotopic (exact) mass is 171 g/mol. The van der Waals surface area contributed by atoms with E-state index < -0.39 is 0 Å². The fourth-order valence-corrected chi connectivity index (χ4v) is 2.05. The highest BCUT2D eigenvalue weighted by Crippen LogP contribution is 2.16. The van der Waals surface area contributed by atoms with Crippen LogP contribution in [-0.2, 0) is 4.74 Å². The Morgan fingerprint density at radius 3 is 2.92 bits per heavy atom. The van der Waals surface area contributed by atoms with Gasteiger partial charge < -0.3 is 9.84 Å². The third-order valence-corrected chi connectivity index (χ3v) is 2.73. The third-order valence-electron chi connectivity index (χ3n) is 2.73. The van der Waals surface area contributed by atoms with Gasteiger partial charge in [0, 0.05) is 26.2 Å². The zero-order chi connectivity index (χ0) is 8.39. The molecular formula is C9H17NO2. The summed E-state index contributed by atoms with van der Waals surface area (Å²) in [5, 5.41) is 9.29. The van der Waals surface area contributed by atoms with Crippen LogP contribution in [0.5, 0.6) is 0 Å². The Morgan fingerprint density at radius 1 is 1.42 bits per heavy atom. The van der Waals surface area contributed by atoms with E-state index in [1.807, 2.05) is 0 Å². The Morgan fingerprint density at radius 2 is 2.33 bits per heavy atom. The van der Waals surface area contributed by atoms with E-state index in [1.165, 1.54) is 12.8 Å². The zero-order valence-electron chi connectivity index (χ0n) is 7.41. The minimum absolute atomic E-state index is 0.0913. The van der Waals surface area contributed by atoms with E-state index in [4.69, 9.17) is 4.74 Å². The predicted octanol–water partition coefficient (Wildman–Crippen LogP) is 0.232. The normalized spacial score (nSPS) is 37.8. The number of nitrogens with zero attached hydrogens (tertiary/aromatic N) is 1. The molecule has 0 aromatic carbocycles. The molecule has 0 amide bonds. The lowest BCUT2D eigenvalue weighted by atomic mass is 10.2. The van der Waals surface area contributed by atoms with Crippen molar-refractivity contribution in [2.75, 3.05) is 26.2 Å². The zero-order valence-corrected chi connectivity index (χ0v) is 7.41. The molecule has 3 heteroatoms. The van der Waals surface area contributed by atoms with Crippen LogP contribution in [0.2, 0.25) is 0 Å². The molecule has 2 aliphatic heterocycles. The Labute approximate surface area is 73.3 Å². The first kappa shape index (κ1) is 8.48. The second-order valence-corrected chi connectivity index (χ2v) is 3.84. The van der Waals surface area contributed by atoms with E-state index in [-0.39, 0.29) is 6.10 Å². The van der Waals surface area contributed by atoms with E-state index in [9.17, 15) is 5.11 Å². The molecule has 0 aromatic heterocycles. The first-order chi connectivity index (χ1) is 5.84. The summed E-state index contributed by atoms with van der Waals surface area (Å²) < 4.78 is 5.53. The molecule has 0 bridgehead atoms. The molecule has 70 valence electrons. The van der Waals surface area contributed by atoms with Gasteiger partial charge in [0.2, 0.25) is 0 Å². The van der Waals surface area contributed by atoms with E-state index in [0.29, 0.717) is 6.10 Å². The third kappa shape index (κ3) is 1.97. The highest BCUT2D eigenvalue weighted by molar-refractivity contribution is 4.78. The van der Waals surface area contributed by atoms with Crippen LogP contribution in [0, 0.1) is 0 Å². The van der Waals surface area contributed by atoms with Gasteiger partial charge in [-0.05, 0) is 19.3 Å². The fourth-order valence-electron chi connectivity index (χ4n) is 2.05. The van der Waals surface area contributed by atoms with Crippen LogP contribution < -0.4 is 0 Å². The molecule has 0 aromatic rings. The van der Waals surface area contributed by atoms with Gasteiger partial charge in [-0.2, -0.15) is 0 Å². The molecule has 2 rings (SSSR count). The molecule has 2 unspecified atom stereocenters. The SMILES string of the molecule is OC1CCN(CC2CCCO2)C1. The van der Waals surface area contributed by atoms with Gasteiger partial charge in [-0.1, -0.05) is 0 Å². The summed E-state index contributed by atoms with van der Waals surface area (Å²) in [6, 6.07) is 0. The first-order valence-electron chi connectivity index (χ1n) is 4.86. The van der Waals surface area contributed by atoms with Gasteiger partial charge in [0.1, 0.15) is 0 Å². The lowest BCUT2D eigenvalue weighted by molar-refractivity contribution is 0.0755. The van der Waals surface area contributed by atoms with Gasteiger partial charge in [-0.15, -0.1) is 0 Å². The molecule has 12 heavy (non-hydrogen) atoms. The number of hydrogen-bond acceptors (Lipinski definition) is 3. The van der Waals surface area contributed by atoms with E-state index in [0.717, 1.165) is 32.7 Å². The highest BCUT2D eigenvalue weighted by atomic mass is 16.5. The number of aliphatic hydroxyl groups is 1. The molecule has 2 fully saturated rings. The molecule has 2 heterocycles. The largest absolute Gasteiger partial charge is 0.392 e. The van der Waals surface area contributed by atoms with Crippen molar-refractivity contribution in [2.24, 2.45) is 0 Å². The van der Waals surface area contributed by atoms with Gasteiger partial charge in [-0.25, -0.2) is 0 Å². The van der Waals surface area contributed by atoms with Crippen LogP contribution in [0.1, 0.15) is 19.3 Å². The predicted molar refractivity (Wildman–Crippen MR) is 46.0 cm³/mol. The van der Waals surface area contributed by atoms with Crippen LogP contribution in [0.4, 0.5) is 0 Å². The van der Waals surface area contributed by atoms with Crippen molar-refractivity contribution in [1.82, 2.24) is 4.90 Å². The number of ether oxygens (including phenoxy) is 1. The van der Waals surface area contributed by atoms with Gasteiger partial charge in [0.15, 0.2) is 0 Å². The van der Waals surface area contributed by atoms with Crippen molar-refractivity contribution < 1.29 is 9.84 Å². The van der Waals surface area contributed by atoms with Crippen LogP contribution in [0.25, 0.3) is 0 Å². The van der Waals surface area contributed by atoms with E-state index >= 15 is 0 Å². The summed E-state index contributed by atoms with van der Waals surface area (Å²) in [5.74, 6) is 0. The van der Waals surface area contributed by atoms with Crippen LogP contribution in [0.15, 0.2) is 0 Å². The average molecular weight is 171 g/mol. The van der Waals surface area contributed by atoms with Gasteiger partial charge in [0.25, 0.3) is 0 Å². The number of rotatable bonds is 2. The minimum Gasteiger partial charge on any atom is -0.392 e. The Bertz CT molecular complexity index is 145. The fraction of sp³-hybridized carbons (Fsp3) is 1.00. The Kier molecular flexibility index (Phi) is 2.63. The molecule has 0 radical (unpaired) electrons. The quantitative estimate of drug-likeness (QED) is 0.645. The number of β-amino-alcohol motifs (C(OH)–C–C–N with tert-alkyl or cyclic N) is 1. The van der Waals surface area contributed by atoms with Crippen LogP contribution in [-0.4, -0.2) is 48.5 Å². The van der Waals surface area contributed by atoms with Crippen molar-refractivity contribution in [3.05, 3.63) is 0 Å². The second-order valence-electron chi connectivity index (χ2n) is 3.84. The standard InChI is InChI=1S/C9H17NO2/c11-8-3-4-10(6-8)7-9-2-1-5-12-9/h8-9,11H,1-7H2. The van der Waals surface area contributed by atoms with Gasteiger partial charge in [0.05, 0.1) is 12.2 Å². The topological polar surface area (TPSA) is 32.7 Å². The van der Waals surface area contributed by atoms with Crippen molar-refractivity contribution in [1.29, 1.82) is 0 Å². The summed E-state index contributed by atoms with van der Waals surface area (Å²) in [6.45, 7) is 3.85. The molecular weight excluding hydrogens is 154 g/mol. The van der Waals surface area contributed by atoms with E-state index in [1.54, 1.807) is 0 Å². The van der Waals surface area contributed by atoms with Gasteiger partial charge in [-0.3, -0.25) is 4.90 Å². The number of hydrogen-bond donors (Lipinski definition) is 1. The minimum atomic E-state index is -0.0913. The summed E-state index contributed by atoms with van der Waals surface area (Å²) >= 11 is 0. The van der Waals surface area contributed by atoms with E-state index in [2.05, 4.69) is 4.90 Å². The van der Waals surface area contributed by atoms with Crippen molar-refractivity contribution in [3.63, 3.8) is 0 Å². The molecule has 2 atom stereocenters. The van der Waals surface area contributed by atoms with Crippen LogP contribution in [0.3, 0.4) is 0 Å². The van der Waals surface area contributed by atoms with Crippen LogP contribution >= 0.6 is 0 Å². The maximum atomic E-state index is 9.29. The summed E-state index contributed by atoms with van der Waals surface area (Å²) in [5.41, 5.74) is 0. The molecule has 0 aliphatic carbocycles. The first-order valence-corrected chi connectivity index (χ1v) is 4.86. The highest BCUT2D eigenvalue weighted by Gasteiger charge is 2.24. The molecule has 2 aliphatic rings. The Hall–Kier alpha value is -0.120. The van der Waals surface area contributed by atoms with Gasteiger partial charge >= 0.3 is 0 Å². The molecule has 0 saturated carbocycles. The van der Waals surface area contributed by atoms with Crippen molar-refractivity contribution in [2.45, 2.75) is 31.5 Å². The second kappa shape index (κ2) is 3.73. The maximum Gasteiger partial charge on any atom is 0.0702 e. The average Bonchev–Trinajstić information content (AvgIpc) is 2.63. The Balaban J connectivity index is 1.72. The lowest BCUT2D eigenvalue weighted by Gasteiger charge is -2.18. The number of likely N-dealkylation sites (tertiary alicyclic amines) is 1. The molecule has 1 N–H and O–H groups in total. The number of aliphatic hydroxyl groups excluding tert-OH is 1. The smallest absolute Gasteiger partial charge is 0.0702 e. The lowest BCUT2D eigenvalue weighted by Crippen LogP contribution is -2.30. The summed E-state index contributed by atoms with van der Waals surface area (Å²) in [7, 11) is 0. The van der Waals surface area contributed by atoms with Crippen molar-refractivity contribution in [3.8, 4) is 0 Å². The molecule has 3 nitrogen and oxygen atoms in total.